The fraction of sp³-hybridized carbons (Fsp3) is 0.364. The number of carbonyl (C=O) groups excluding carboxylic acids is 1. The largest absolute Gasteiger partial charge is 0.497 e. The van der Waals surface area contributed by atoms with Crippen molar-refractivity contribution in [3.05, 3.63) is 59.7 Å². The maximum atomic E-state index is 12.2. The van der Waals surface area contributed by atoms with Crippen LogP contribution in [0.1, 0.15) is 24.0 Å². The molecule has 3 rings (SSSR count). The van der Waals surface area contributed by atoms with E-state index in [0.29, 0.717) is 25.7 Å². The fourth-order valence-corrected chi connectivity index (χ4v) is 3.14. The number of hydrogen-bond donors (Lipinski definition) is 3. The number of carbonyl (C=O) groups is 1. The van der Waals surface area contributed by atoms with Gasteiger partial charge >= 0.3 is 0 Å². The molecule has 2 aromatic carbocycles. The minimum Gasteiger partial charge on any atom is -0.497 e. The standard InChI is InChI=1S/C22H28N4O3.HI/c1-23-22(25-15-17-7-4-9-19(13-17)28-2)24-14-16-6-3-8-18(12-16)26-21(27)20-10-5-11-29-20;/h3-4,6-9,12-13,20H,5,10-11,14-15H2,1-2H3,(H,26,27)(H2,23,24,25);1H. The Morgan fingerprint density at radius 3 is 2.47 bits per heavy atom. The first-order chi connectivity index (χ1) is 14.2. The molecule has 7 nitrogen and oxygen atoms in total. The molecule has 0 aliphatic carbocycles. The second-order valence-electron chi connectivity index (χ2n) is 6.82. The summed E-state index contributed by atoms with van der Waals surface area (Å²) in [5, 5.41) is 9.51. The highest BCUT2D eigenvalue weighted by Gasteiger charge is 2.23. The van der Waals surface area contributed by atoms with E-state index in [1.807, 2.05) is 48.5 Å². The molecular weight excluding hydrogens is 495 g/mol. The average Bonchev–Trinajstić information content (AvgIpc) is 3.29. The summed E-state index contributed by atoms with van der Waals surface area (Å²) in [4.78, 5) is 16.5. The number of benzene rings is 2. The van der Waals surface area contributed by atoms with Gasteiger partial charge in [0.05, 0.1) is 7.11 Å². The van der Waals surface area contributed by atoms with E-state index in [2.05, 4.69) is 20.9 Å². The third-order valence-corrected chi connectivity index (χ3v) is 4.69. The number of hydrogen-bond acceptors (Lipinski definition) is 4. The molecule has 1 aliphatic rings. The Balaban J connectivity index is 0.00000320. The number of halogens is 1. The highest BCUT2D eigenvalue weighted by atomic mass is 127. The van der Waals surface area contributed by atoms with Crippen molar-refractivity contribution in [2.75, 3.05) is 26.1 Å². The second-order valence-corrected chi connectivity index (χ2v) is 6.82. The molecule has 1 heterocycles. The Bertz CT molecular complexity index is 854. The van der Waals surface area contributed by atoms with Gasteiger partial charge in [-0.3, -0.25) is 9.79 Å². The van der Waals surface area contributed by atoms with Crippen molar-refractivity contribution in [1.29, 1.82) is 0 Å². The summed E-state index contributed by atoms with van der Waals surface area (Å²) in [6.07, 6.45) is 1.38. The molecule has 162 valence electrons. The summed E-state index contributed by atoms with van der Waals surface area (Å²) in [5.41, 5.74) is 2.91. The third-order valence-electron chi connectivity index (χ3n) is 4.69. The quantitative estimate of drug-likeness (QED) is 0.294. The molecule has 0 saturated carbocycles. The fourth-order valence-electron chi connectivity index (χ4n) is 3.14. The Labute approximate surface area is 194 Å². The van der Waals surface area contributed by atoms with Crippen LogP contribution in [0.5, 0.6) is 5.75 Å². The van der Waals surface area contributed by atoms with Gasteiger partial charge in [0.15, 0.2) is 5.96 Å². The smallest absolute Gasteiger partial charge is 0.253 e. The maximum Gasteiger partial charge on any atom is 0.253 e. The Morgan fingerprint density at radius 1 is 1.13 bits per heavy atom. The van der Waals surface area contributed by atoms with Crippen molar-refractivity contribution < 1.29 is 14.3 Å². The monoisotopic (exact) mass is 524 g/mol. The first-order valence-electron chi connectivity index (χ1n) is 9.77. The molecule has 0 radical (unpaired) electrons. The van der Waals surface area contributed by atoms with Gasteiger partial charge < -0.3 is 25.4 Å². The van der Waals surface area contributed by atoms with Gasteiger partial charge in [0.2, 0.25) is 0 Å². The van der Waals surface area contributed by atoms with Crippen LogP contribution in [0.2, 0.25) is 0 Å². The van der Waals surface area contributed by atoms with Crippen molar-refractivity contribution >= 4 is 41.5 Å². The summed E-state index contributed by atoms with van der Waals surface area (Å²) in [6, 6.07) is 15.7. The highest BCUT2D eigenvalue weighted by molar-refractivity contribution is 14.0. The summed E-state index contributed by atoms with van der Waals surface area (Å²) in [6.45, 7) is 1.87. The minimum absolute atomic E-state index is 0. The molecule has 1 atom stereocenters. The van der Waals surface area contributed by atoms with Gasteiger partial charge in [-0.1, -0.05) is 24.3 Å². The van der Waals surface area contributed by atoms with Crippen molar-refractivity contribution in [3.8, 4) is 5.75 Å². The lowest BCUT2D eigenvalue weighted by atomic mass is 10.2. The lowest BCUT2D eigenvalue weighted by Gasteiger charge is -2.14. The van der Waals surface area contributed by atoms with E-state index < -0.39 is 0 Å². The van der Waals surface area contributed by atoms with E-state index >= 15 is 0 Å². The highest BCUT2D eigenvalue weighted by Crippen LogP contribution is 2.16. The molecule has 0 bridgehead atoms. The van der Waals surface area contributed by atoms with Crippen LogP contribution in [-0.2, 0) is 22.6 Å². The van der Waals surface area contributed by atoms with Crippen molar-refractivity contribution in [2.45, 2.75) is 32.0 Å². The van der Waals surface area contributed by atoms with Crippen LogP contribution in [-0.4, -0.2) is 38.7 Å². The first kappa shape index (κ1) is 23.9. The number of nitrogens with zero attached hydrogens (tertiary/aromatic N) is 1. The van der Waals surface area contributed by atoms with Gasteiger partial charge in [-0.15, -0.1) is 24.0 Å². The van der Waals surface area contributed by atoms with Crippen molar-refractivity contribution in [3.63, 3.8) is 0 Å². The van der Waals surface area contributed by atoms with E-state index in [9.17, 15) is 4.79 Å². The second kappa shape index (κ2) is 12.4. The Hall–Kier alpha value is -2.33. The summed E-state index contributed by atoms with van der Waals surface area (Å²) in [7, 11) is 3.39. The molecule has 1 fully saturated rings. The van der Waals surface area contributed by atoms with Crippen LogP contribution >= 0.6 is 24.0 Å². The van der Waals surface area contributed by atoms with Gasteiger partial charge in [0, 0.05) is 32.4 Å². The average molecular weight is 524 g/mol. The number of nitrogens with one attached hydrogen (secondary N) is 3. The zero-order valence-corrected chi connectivity index (χ0v) is 19.6. The predicted molar refractivity (Wildman–Crippen MR) is 129 cm³/mol. The zero-order valence-electron chi connectivity index (χ0n) is 17.3. The molecule has 8 heteroatoms. The lowest BCUT2D eigenvalue weighted by Crippen LogP contribution is -2.36. The molecular formula is C22H29IN4O3. The van der Waals surface area contributed by atoms with E-state index in [1.54, 1.807) is 14.2 Å². The summed E-state index contributed by atoms with van der Waals surface area (Å²) >= 11 is 0. The lowest BCUT2D eigenvalue weighted by molar-refractivity contribution is -0.124. The molecule has 1 unspecified atom stereocenters. The topological polar surface area (TPSA) is 84.0 Å². The number of aliphatic imine (C=N–C) groups is 1. The van der Waals surface area contributed by atoms with E-state index in [4.69, 9.17) is 9.47 Å². The Kier molecular flexibility index (Phi) is 9.88. The van der Waals surface area contributed by atoms with Crippen LogP contribution in [0.4, 0.5) is 5.69 Å². The summed E-state index contributed by atoms with van der Waals surface area (Å²) in [5.74, 6) is 1.44. The van der Waals surface area contributed by atoms with Crippen LogP contribution in [0.15, 0.2) is 53.5 Å². The van der Waals surface area contributed by atoms with Gasteiger partial charge in [-0.25, -0.2) is 0 Å². The number of anilines is 1. The molecule has 1 amide bonds. The van der Waals surface area contributed by atoms with Gasteiger partial charge in [0.25, 0.3) is 5.91 Å². The minimum atomic E-state index is -0.337. The molecule has 0 spiro atoms. The first-order valence-corrected chi connectivity index (χ1v) is 9.77. The van der Waals surface area contributed by atoms with Crippen molar-refractivity contribution in [2.24, 2.45) is 4.99 Å². The molecule has 30 heavy (non-hydrogen) atoms. The van der Waals surface area contributed by atoms with Gasteiger partial charge in [0.1, 0.15) is 11.9 Å². The maximum absolute atomic E-state index is 12.2. The number of guanidine groups is 1. The van der Waals surface area contributed by atoms with Crippen LogP contribution in [0.3, 0.4) is 0 Å². The predicted octanol–water partition coefficient (Wildman–Crippen LogP) is 3.30. The Morgan fingerprint density at radius 2 is 1.83 bits per heavy atom. The van der Waals surface area contributed by atoms with Gasteiger partial charge in [-0.05, 0) is 48.2 Å². The third kappa shape index (κ3) is 7.17. The summed E-state index contributed by atoms with van der Waals surface area (Å²) < 4.78 is 10.7. The zero-order chi connectivity index (χ0) is 20.5. The molecule has 1 saturated heterocycles. The number of ether oxygens (including phenoxy) is 2. The molecule has 3 N–H and O–H groups in total. The number of methoxy groups -OCH3 is 1. The molecule has 1 aliphatic heterocycles. The van der Waals surface area contributed by atoms with Crippen LogP contribution in [0, 0.1) is 0 Å². The van der Waals surface area contributed by atoms with Crippen LogP contribution in [0.25, 0.3) is 0 Å². The van der Waals surface area contributed by atoms with Crippen molar-refractivity contribution in [1.82, 2.24) is 10.6 Å². The molecule has 2 aromatic rings. The van der Waals surface area contributed by atoms with Crippen LogP contribution < -0.4 is 20.7 Å². The van der Waals surface area contributed by atoms with E-state index in [0.717, 1.165) is 35.4 Å². The number of amides is 1. The SMILES string of the molecule is CN=C(NCc1cccc(NC(=O)C2CCCO2)c1)NCc1cccc(OC)c1.I. The van der Waals surface area contributed by atoms with E-state index in [-0.39, 0.29) is 36.0 Å². The van der Waals surface area contributed by atoms with Gasteiger partial charge in [-0.2, -0.15) is 0 Å². The van der Waals surface area contributed by atoms with E-state index in [1.165, 1.54) is 0 Å². The number of rotatable bonds is 7. The normalized spacial score (nSPS) is 15.8. The molecule has 0 aromatic heterocycles.